The number of hydrogen-bond acceptors (Lipinski definition) is 4. The topological polar surface area (TPSA) is 72.2 Å². The fourth-order valence-electron chi connectivity index (χ4n) is 3.56. The fourth-order valence-corrected chi connectivity index (χ4v) is 3.56. The first kappa shape index (κ1) is 18.1. The Kier molecular flexibility index (Phi) is 5.02. The van der Waals surface area contributed by atoms with Crippen molar-refractivity contribution in [3.05, 3.63) is 71.3 Å². The zero-order chi connectivity index (χ0) is 19.5. The average Bonchev–Trinajstić information content (AvgIpc) is 3.07. The Morgan fingerprint density at radius 1 is 1.11 bits per heavy atom. The number of nitrogens with one attached hydrogen (secondary N) is 1. The van der Waals surface area contributed by atoms with E-state index in [4.69, 9.17) is 4.98 Å². The van der Waals surface area contributed by atoms with Crippen molar-refractivity contribution >= 4 is 22.5 Å². The molecule has 1 amide bonds. The maximum atomic E-state index is 12.3. The van der Waals surface area contributed by atoms with E-state index in [1.165, 1.54) is 0 Å². The lowest BCUT2D eigenvalue weighted by Gasteiger charge is -2.11. The molecule has 0 saturated carbocycles. The van der Waals surface area contributed by atoms with Crippen LogP contribution >= 0.6 is 0 Å². The van der Waals surface area contributed by atoms with Crippen molar-refractivity contribution in [2.75, 3.05) is 6.54 Å². The van der Waals surface area contributed by atoms with Crippen LogP contribution in [0.4, 0.5) is 0 Å². The van der Waals surface area contributed by atoms with E-state index < -0.39 is 0 Å². The minimum atomic E-state index is 0.0495. The summed E-state index contributed by atoms with van der Waals surface area (Å²) in [4.78, 5) is 21.1. The zero-order valence-electron chi connectivity index (χ0n) is 16.1. The van der Waals surface area contributed by atoms with E-state index >= 15 is 0 Å². The summed E-state index contributed by atoms with van der Waals surface area (Å²) < 4.78 is 1.90. The lowest BCUT2D eigenvalue weighted by Crippen LogP contribution is -2.26. The van der Waals surface area contributed by atoms with Gasteiger partial charge in [0.05, 0.1) is 5.52 Å². The number of rotatable bonds is 6. The number of hydrogen-bond donors (Lipinski definition) is 1. The van der Waals surface area contributed by atoms with Crippen LogP contribution < -0.4 is 5.32 Å². The molecule has 0 aliphatic rings. The van der Waals surface area contributed by atoms with Gasteiger partial charge in [-0.2, -0.15) is 5.10 Å². The molecule has 6 heteroatoms. The third-order valence-corrected chi connectivity index (χ3v) is 5.08. The molecular weight excluding hydrogens is 350 g/mol. The molecule has 1 N–H and O–H groups in total. The Balaban J connectivity index is 1.44. The highest BCUT2D eigenvalue weighted by molar-refractivity contribution is 5.92. The number of benzene rings is 1. The largest absolute Gasteiger partial charge is 0.356 e. The van der Waals surface area contributed by atoms with E-state index in [0.717, 1.165) is 45.5 Å². The van der Waals surface area contributed by atoms with Gasteiger partial charge in [-0.05, 0) is 56.0 Å². The van der Waals surface area contributed by atoms with Crippen molar-refractivity contribution in [1.82, 2.24) is 24.9 Å². The summed E-state index contributed by atoms with van der Waals surface area (Å²) in [5.41, 5.74) is 6.01. The fraction of sp³-hybridized carbons (Fsp3) is 0.273. The zero-order valence-corrected chi connectivity index (χ0v) is 16.1. The maximum Gasteiger partial charge on any atom is 0.220 e. The molecule has 0 saturated heterocycles. The number of amides is 1. The number of pyridine rings is 1. The highest BCUT2D eigenvalue weighted by Crippen LogP contribution is 2.22. The van der Waals surface area contributed by atoms with Gasteiger partial charge in [0.25, 0.3) is 0 Å². The molecule has 0 unspecified atom stereocenters. The molecule has 0 fully saturated rings. The third-order valence-electron chi connectivity index (χ3n) is 5.08. The van der Waals surface area contributed by atoms with E-state index in [-0.39, 0.29) is 5.91 Å². The molecule has 1 aromatic carbocycles. The van der Waals surface area contributed by atoms with Crippen LogP contribution in [0.5, 0.6) is 0 Å². The molecule has 0 aliphatic heterocycles. The predicted octanol–water partition coefficient (Wildman–Crippen LogP) is 3.19. The minimum absolute atomic E-state index is 0.0495. The van der Waals surface area contributed by atoms with Crippen molar-refractivity contribution in [3.63, 3.8) is 0 Å². The van der Waals surface area contributed by atoms with Crippen LogP contribution in [0, 0.1) is 13.8 Å². The highest BCUT2D eigenvalue weighted by atomic mass is 16.1. The normalized spacial score (nSPS) is 11.2. The maximum absolute atomic E-state index is 12.3. The number of nitrogens with zero attached hydrogens (tertiary/aromatic N) is 4. The van der Waals surface area contributed by atoms with Crippen LogP contribution in [0.1, 0.15) is 28.9 Å². The number of carbonyl (C=O) groups excluding carboxylic acids is 1. The van der Waals surface area contributed by atoms with Gasteiger partial charge in [0.15, 0.2) is 5.65 Å². The first-order valence-corrected chi connectivity index (χ1v) is 9.52. The van der Waals surface area contributed by atoms with Gasteiger partial charge in [-0.1, -0.05) is 18.2 Å². The van der Waals surface area contributed by atoms with E-state index in [2.05, 4.69) is 15.4 Å². The Morgan fingerprint density at radius 2 is 1.96 bits per heavy atom. The van der Waals surface area contributed by atoms with Crippen LogP contribution in [0.25, 0.3) is 16.6 Å². The Hall–Kier alpha value is -3.28. The van der Waals surface area contributed by atoms with E-state index in [0.29, 0.717) is 19.4 Å². The van der Waals surface area contributed by atoms with Gasteiger partial charge in [0.2, 0.25) is 5.91 Å². The molecule has 142 valence electrons. The number of aryl methyl sites for hydroxylation is 2. The molecule has 0 atom stereocenters. The van der Waals surface area contributed by atoms with Crippen molar-refractivity contribution in [1.29, 1.82) is 0 Å². The van der Waals surface area contributed by atoms with Gasteiger partial charge in [0, 0.05) is 42.1 Å². The molecule has 0 spiro atoms. The Bertz CT molecular complexity index is 1130. The van der Waals surface area contributed by atoms with Crippen LogP contribution in [0.2, 0.25) is 0 Å². The molecule has 3 aromatic heterocycles. The Morgan fingerprint density at radius 3 is 2.79 bits per heavy atom. The SMILES string of the molecule is Cc1nc2c3ccccc3nn2c(C)c1CCC(=O)NCCc1cccnc1. The lowest BCUT2D eigenvalue weighted by atomic mass is 10.1. The first-order valence-electron chi connectivity index (χ1n) is 9.52. The molecule has 0 aliphatic carbocycles. The summed E-state index contributed by atoms with van der Waals surface area (Å²) in [6.45, 7) is 4.66. The average molecular weight is 373 g/mol. The summed E-state index contributed by atoms with van der Waals surface area (Å²) in [5, 5.41) is 8.71. The van der Waals surface area contributed by atoms with Gasteiger partial charge < -0.3 is 5.32 Å². The molecule has 0 radical (unpaired) electrons. The summed E-state index contributed by atoms with van der Waals surface area (Å²) >= 11 is 0. The van der Waals surface area contributed by atoms with Crippen LogP contribution in [-0.4, -0.2) is 32.0 Å². The second kappa shape index (κ2) is 7.76. The van der Waals surface area contributed by atoms with Gasteiger partial charge >= 0.3 is 0 Å². The van der Waals surface area contributed by atoms with Gasteiger partial charge in [-0.15, -0.1) is 0 Å². The number of fused-ring (bicyclic) bond motifs is 3. The second-order valence-electron chi connectivity index (χ2n) is 6.97. The number of aromatic nitrogens is 4. The molecular formula is C22H23N5O. The monoisotopic (exact) mass is 373 g/mol. The van der Waals surface area contributed by atoms with Gasteiger partial charge in [0.1, 0.15) is 0 Å². The number of carbonyl (C=O) groups is 1. The molecule has 28 heavy (non-hydrogen) atoms. The standard InChI is InChI=1S/C22H23N5O/c1-15-18(9-10-21(28)24-13-11-17-6-5-12-23-14-17)16(2)27-22(25-15)19-7-3-4-8-20(19)26-27/h3-8,12,14H,9-11,13H2,1-2H3,(H,24,28). The molecule has 4 aromatic rings. The highest BCUT2D eigenvalue weighted by Gasteiger charge is 2.14. The summed E-state index contributed by atoms with van der Waals surface area (Å²) in [7, 11) is 0. The Labute approximate surface area is 163 Å². The van der Waals surface area contributed by atoms with E-state index in [1.54, 1.807) is 6.20 Å². The molecule has 4 rings (SSSR count). The third kappa shape index (κ3) is 3.58. The van der Waals surface area contributed by atoms with Gasteiger partial charge in [-0.3, -0.25) is 9.78 Å². The van der Waals surface area contributed by atoms with Crippen LogP contribution in [-0.2, 0) is 17.6 Å². The van der Waals surface area contributed by atoms with E-state index in [9.17, 15) is 4.79 Å². The lowest BCUT2D eigenvalue weighted by molar-refractivity contribution is -0.121. The van der Waals surface area contributed by atoms with Crippen molar-refractivity contribution in [3.8, 4) is 0 Å². The molecule has 6 nitrogen and oxygen atoms in total. The van der Waals surface area contributed by atoms with Crippen molar-refractivity contribution in [2.45, 2.75) is 33.1 Å². The smallest absolute Gasteiger partial charge is 0.220 e. The minimum Gasteiger partial charge on any atom is -0.356 e. The molecule has 0 bridgehead atoms. The van der Waals surface area contributed by atoms with Crippen LogP contribution in [0.15, 0.2) is 48.8 Å². The molecule has 3 heterocycles. The quantitative estimate of drug-likeness (QED) is 0.563. The summed E-state index contributed by atoms with van der Waals surface area (Å²) in [6, 6.07) is 11.9. The van der Waals surface area contributed by atoms with E-state index in [1.807, 2.05) is 61.0 Å². The van der Waals surface area contributed by atoms with Crippen molar-refractivity contribution in [2.24, 2.45) is 0 Å². The van der Waals surface area contributed by atoms with Crippen molar-refractivity contribution < 1.29 is 4.79 Å². The predicted molar refractivity (Wildman–Crippen MR) is 109 cm³/mol. The second-order valence-corrected chi connectivity index (χ2v) is 6.97. The summed E-state index contributed by atoms with van der Waals surface area (Å²) in [5.74, 6) is 0.0495. The van der Waals surface area contributed by atoms with Gasteiger partial charge in [-0.25, -0.2) is 9.50 Å². The first-order chi connectivity index (χ1) is 13.6. The van der Waals surface area contributed by atoms with Crippen LogP contribution in [0.3, 0.4) is 0 Å². The summed E-state index contributed by atoms with van der Waals surface area (Å²) in [6.07, 6.45) is 5.44.